The summed E-state index contributed by atoms with van der Waals surface area (Å²) in [4.78, 5) is 11.1. The van der Waals surface area contributed by atoms with Crippen LogP contribution in [-0.2, 0) is 19.0 Å². The van der Waals surface area contributed by atoms with Crippen molar-refractivity contribution in [3.63, 3.8) is 0 Å². The van der Waals surface area contributed by atoms with Gasteiger partial charge in [-0.2, -0.15) is 0 Å². The van der Waals surface area contributed by atoms with E-state index in [2.05, 4.69) is 0 Å². The minimum absolute atomic E-state index is 0.0182. The van der Waals surface area contributed by atoms with E-state index >= 15 is 0 Å². The zero-order valence-corrected chi connectivity index (χ0v) is 11.1. The molecule has 0 rings (SSSR count). The summed E-state index contributed by atoms with van der Waals surface area (Å²) in [5, 5.41) is 9.49. The lowest BCUT2D eigenvalue weighted by Crippen LogP contribution is -2.26. The van der Waals surface area contributed by atoms with Gasteiger partial charge in [-0.1, -0.05) is 20.8 Å². The number of aliphatic hydroxyl groups excluding tert-OH is 1. The maximum Gasteiger partial charge on any atom is 0.308 e. The van der Waals surface area contributed by atoms with Gasteiger partial charge in [0, 0.05) is 13.0 Å². The molecule has 0 aliphatic carbocycles. The third-order valence-electron chi connectivity index (χ3n) is 2.05. The number of hydrogen-bond acceptors (Lipinski definition) is 5. The van der Waals surface area contributed by atoms with E-state index in [0.717, 1.165) is 0 Å². The summed E-state index contributed by atoms with van der Waals surface area (Å²) in [6.07, 6.45) is -0.771. The van der Waals surface area contributed by atoms with Crippen LogP contribution in [0.5, 0.6) is 0 Å². The van der Waals surface area contributed by atoms with Gasteiger partial charge in [0.05, 0.1) is 25.7 Å². The zero-order valence-electron chi connectivity index (χ0n) is 11.1. The van der Waals surface area contributed by atoms with Crippen molar-refractivity contribution in [3.8, 4) is 0 Å². The Bertz CT molecular complexity index is 205. The molecule has 0 bridgehead atoms. The fourth-order valence-electron chi connectivity index (χ4n) is 1.13. The lowest BCUT2D eigenvalue weighted by molar-refractivity contribution is -0.151. The smallest absolute Gasteiger partial charge is 0.308 e. The van der Waals surface area contributed by atoms with E-state index in [1.165, 1.54) is 0 Å². The molecule has 0 heterocycles. The molecule has 1 N–H and O–H groups in total. The summed E-state index contributed by atoms with van der Waals surface area (Å²) in [6.45, 7) is 6.78. The van der Waals surface area contributed by atoms with Crippen molar-refractivity contribution in [2.45, 2.75) is 26.9 Å². The summed E-state index contributed by atoms with van der Waals surface area (Å²) in [5.41, 5.74) is 0. The van der Waals surface area contributed by atoms with E-state index in [1.54, 1.807) is 21.0 Å². The molecule has 0 radical (unpaired) electrons. The van der Waals surface area contributed by atoms with Crippen LogP contribution in [0.1, 0.15) is 20.8 Å². The lowest BCUT2D eigenvalue weighted by Gasteiger charge is -2.15. The van der Waals surface area contributed by atoms with Crippen molar-refractivity contribution in [1.82, 2.24) is 0 Å². The van der Waals surface area contributed by atoms with Crippen molar-refractivity contribution in [3.05, 3.63) is 0 Å². The van der Waals surface area contributed by atoms with Crippen LogP contribution in [0.15, 0.2) is 0 Å². The highest BCUT2D eigenvalue weighted by atomic mass is 16.5. The summed E-state index contributed by atoms with van der Waals surface area (Å²) in [5.74, 6) is -0.202. The molecule has 0 saturated heterocycles. The maximum atomic E-state index is 11.1. The number of rotatable bonds is 9. The average Bonchev–Trinajstić information content (AvgIpc) is 2.26. The van der Waals surface area contributed by atoms with Crippen molar-refractivity contribution < 1.29 is 24.1 Å². The van der Waals surface area contributed by atoms with Gasteiger partial charge >= 0.3 is 5.97 Å². The van der Waals surface area contributed by atoms with Crippen LogP contribution < -0.4 is 0 Å². The molecule has 0 saturated carbocycles. The van der Waals surface area contributed by atoms with Crippen molar-refractivity contribution in [2.75, 3.05) is 33.5 Å². The largest absolute Gasteiger partial charge is 0.463 e. The first kappa shape index (κ1) is 16.4. The molecule has 102 valence electrons. The fourth-order valence-corrected chi connectivity index (χ4v) is 1.13. The Morgan fingerprint density at radius 3 is 2.29 bits per heavy atom. The molecule has 0 aromatic carbocycles. The van der Waals surface area contributed by atoms with Crippen LogP contribution >= 0.6 is 0 Å². The van der Waals surface area contributed by atoms with Gasteiger partial charge in [-0.15, -0.1) is 0 Å². The monoisotopic (exact) mass is 248 g/mol. The van der Waals surface area contributed by atoms with Gasteiger partial charge in [0.15, 0.2) is 0 Å². The Kier molecular flexibility index (Phi) is 9.03. The van der Waals surface area contributed by atoms with Crippen LogP contribution in [0.4, 0.5) is 0 Å². The van der Waals surface area contributed by atoms with Gasteiger partial charge < -0.3 is 19.3 Å². The quantitative estimate of drug-likeness (QED) is 0.613. The van der Waals surface area contributed by atoms with Gasteiger partial charge in [0.2, 0.25) is 0 Å². The van der Waals surface area contributed by atoms with Gasteiger partial charge in [0.25, 0.3) is 0 Å². The number of esters is 1. The highest BCUT2D eigenvalue weighted by molar-refractivity contribution is 5.71. The Balaban J connectivity index is 3.53. The van der Waals surface area contributed by atoms with Crippen molar-refractivity contribution in [1.29, 1.82) is 0 Å². The van der Waals surface area contributed by atoms with E-state index in [0.29, 0.717) is 13.2 Å². The molecule has 0 aromatic heterocycles. The highest BCUT2D eigenvalue weighted by Crippen LogP contribution is 1.99. The van der Waals surface area contributed by atoms with Gasteiger partial charge in [0.1, 0.15) is 12.7 Å². The highest BCUT2D eigenvalue weighted by Gasteiger charge is 2.12. The molecule has 2 atom stereocenters. The van der Waals surface area contributed by atoms with Crippen LogP contribution in [0, 0.1) is 11.8 Å². The van der Waals surface area contributed by atoms with E-state index in [4.69, 9.17) is 14.2 Å². The molecule has 5 nitrogen and oxygen atoms in total. The summed E-state index contributed by atoms with van der Waals surface area (Å²) < 4.78 is 15.1. The second-order valence-electron chi connectivity index (χ2n) is 4.54. The minimum atomic E-state index is -0.771. The van der Waals surface area contributed by atoms with Crippen LogP contribution in [0.25, 0.3) is 0 Å². The van der Waals surface area contributed by atoms with E-state index < -0.39 is 6.10 Å². The third-order valence-corrected chi connectivity index (χ3v) is 2.05. The molecule has 0 aliphatic heterocycles. The normalized spacial score (nSPS) is 14.7. The zero-order chi connectivity index (χ0) is 13.3. The molecule has 2 unspecified atom stereocenters. The molecular weight excluding hydrogens is 224 g/mol. The number of hydrogen-bond donors (Lipinski definition) is 1. The molecule has 0 spiro atoms. The molecule has 5 heteroatoms. The summed E-state index contributed by atoms with van der Waals surface area (Å²) in [7, 11) is 1.64. The summed E-state index contributed by atoms with van der Waals surface area (Å²) in [6, 6.07) is 0. The molecular formula is C12H24O5. The van der Waals surface area contributed by atoms with E-state index in [9.17, 15) is 9.90 Å². The first-order valence-electron chi connectivity index (χ1n) is 5.88. The first-order chi connectivity index (χ1) is 7.97. The SMILES string of the molecule is COCC(C)COCC(O)COC(=O)C(C)C. The molecule has 0 fully saturated rings. The number of methoxy groups -OCH3 is 1. The van der Waals surface area contributed by atoms with E-state index in [-0.39, 0.29) is 31.0 Å². The fraction of sp³-hybridized carbons (Fsp3) is 0.917. The first-order valence-corrected chi connectivity index (χ1v) is 5.88. The standard InChI is InChI=1S/C12H24O5/c1-9(2)12(14)17-8-11(13)7-16-6-10(3)5-15-4/h9-11,13H,5-8H2,1-4H3. The summed E-state index contributed by atoms with van der Waals surface area (Å²) >= 11 is 0. The number of carbonyl (C=O) groups is 1. The Hall–Kier alpha value is -0.650. The predicted molar refractivity (Wildman–Crippen MR) is 63.7 cm³/mol. The van der Waals surface area contributed by atoms with Gasteiger partial charge in [-0.25, -0.2) is 0 Å². The second kappa shape index (κ2) is 9.39. The number of aliphatic hydroxyl groups is 1. The molecule has 17 heavy (non-hydrogen) atoms. The molecule has 0 aliphatic rings. The van der Waals surface area contributed by atoms with Gasteiger partial charge in [-0.3, -0.25) is 4.79 Å². The van der Waals surface area contributed by atoms with Crippen LogP contribution in [0.3, 0.4) is 0 Å². The topological polar surface area (TPSA) is 65.0 Å². The third kappa shape index (κ3) is 9.09. The van der Waals surface area contributed by atoms with E-state index in [1.807, 2.05) is 6.92 Å². The Morgan fingerprint density at radius 1 is 1.12 bits per heavy atom. The molecule has 0 aromatic rings. The molecule has 0 amide bonds. The van der Waals surface area contributed by atoms with Crippen LogP contribution in [-0.4, -0.2) is 50.7 Å². The predicted octanol–water partition coefficient (Wildman–Crippen LogP) is 0.846. The maximum absolute atomic E-state index is 11.1. The van der Waals surface area contributed by atoms with Crippen LogP contribution in [0.2, 0.25) is 0 Å². The second-order valence-corrected chi connectivity index (χ2v) is 4.54. The van der Waals surface area contributed by atoms with Crippen molar-refractivity contribution >= 4 is 5.97 Å². The lowest BCUT2D eigenvalue weighted by atomic mass is 10.2. The van der Waals surface area contributed by atoms with Gasteiger partial charge in [-0.05, 0) is 0 Å². The number of carbonyl (C=O) groups excluding carboxylic acids is 1. The Morgan fingerprint density at radius 2 is 1.76 bits per heavy atom. The Labute approximate surface area is 103 Å². The minimum Gasteiger partial charge on any atom is -0.463 e. The average molecular weight is 248 g/mol. The number of ether oxygens (including phenoxy) is 3. The van der Waals surface area contributed by atoms with Crippen molar-refractivity contribution in [2.24, 2.45) is 11.8 Å².